The first kappa shape index (κ1) is 17.0. The van der Waals surface area contributed by atoms with E-state index in [4.69, 9.17) is 9.15 Å². The van der Waals surface area contributed by atoms with Crippen molar-refractivity contribution in [3.8, 4) is 0 Å². The topological polar surface area (TPSA) is 101 Å². The van der Waals surface area contributed by atoms with E-state index in [1.807, 2.05) is 0 Å². The second kappa shape index (κ2) is 6.68. The fraction of sp³-hybridized carbons (Fsp3) is 0.556. The van der Waals surface area contributed by atoms with Gasteiger partial charge in [0.1, 0.15) is 17.3 Å². The number of aryl methyl sites for hydroxylation is 2. The molecule has 1 saturated heterocycles. The minimum Gasteiger partial charge on any atom is -0.445 e. The fourth-order valence-corrected chi connectivity index (χ4v) is 3.56. The van der Waals surface area contributed by atoms with Crippen molar-refractivity contribution in [2.75, 3.05) is 19.8 Å². The normalized spacial score (nSPS) is 19.6. The molecule has 1 N–H and O–H groups in total. The lowest BCUT2D eigenvalue weighted by Gasteiger charge is -2.25. The quantitative estimate of drug-likeness (QED) is 0.879. The van der Waals surface area contributed by atoms with Crippen LogP contribution in [-0.4, -0.2) is 45.5 Å². The molecular formula is C18H22N4O4. The summed E-state index contributed by atoms with van der Waals surface area (Å²) in [5.74, 6) is 2.25. The standard InChI is InChI=1S/C18H22N4O4/c1-10-13(17(24)20-11(2)19-10)7-16(23)22-5-3-15-14(8-22)21-18(26-15)12-4-6-25-9-12/h12H,3-9H2,1-2H3,(H,19,20,24). The Balaban J connectivity index is 1.48. The number of hydrogen-bond donors (Lipinski definition) is 1. The van der Waals surface area contributed by atoms with Crippen molar-refractivity contribution in [1.29, 1.82) is 0 Å². The number of hydrogen-bond acceptors (Lipinski definition) is 6. The Morgan fingerprint density at radius 3 is 2.92 bits per heavy atom. The molecule has 4 heterocycles. The van der Waals surface area contributed by atoms with Gasteiger partial charge in [0, 0.05) is 30.8 Å². The van der Waals surface area contributed by atoms with Crippen molar-refractivity contribution >= 4 is 5.91 Å². The van der Waals surface area contributed by atoms with E-state index in [0.29, 0.717) is 43.2 Å². The van der Waals surface area contributed by atoms with Crippen molar-refractivity contribution in [2.45, 2.75) is 45.6 Å². The van der Waals surface area contributed by atoms with Crippen molar-refractivity contribution in [3.05, 3.63) is 44.8 Å². The summed E-state index contributed by atoms with van der Waals surface area (Å²) in [5.41, 5.74) is 1.60. The summed E-state index contributed by atoms with van der Waals surface area (Å²) in [5, 5.41) is 0. The van der Waals surface area contributed by atoms with Crippen LogP contribution in [0.1, 0.15) is 46.8 Å². The van der Waals surface area contributed by atoms with Gasteiger partial charge in [0.05, 0.1) is 25.5 Å². The highest BCUT2D eigenvalue weighted by atomic mass is 16.5. The highest BCUT2D eigenvalue weighted by molar-refractivity contribution is 5.79. The lowest BCUT2D eigenvalue weighted by Crippen LogP contribution is -2.38. The van der Waals surface area contributed by atoms with Crippen LogP contribution >= 0.6 is 0 Å². The number of ether oxygens (including phenoxy) is 1. The molecule has 4 rings (SSSR count). The lowest BCUT2D eigenvalue weighted by atomic mass is 10.1. The summed E-state index contributed by atoms with van der Waals surface area (Å²) in [6, 6.07) is 0. The average molecular weight is 358 g/mol. The van der Waals surface area contributed by atoms with E-state index in [0.717, 1.165) is 30.4 Å². The summed E-state index contributed by atoms with van der Waals surface area (Å²) in [4.78, 5) is 38.1. The molecule has 8 nitrogen and oxygen atoms in total. The molecule has 1 atom stereocenters. The van der Waals surface area contributed by atoms with Gasteiger partial charge in [0.2, 0.25) is 5.91 Å². The van der Waals surface area contributed by atoms with E-state index in [9.17, 15) is 9.59 Å². The van der Waals surface area contributed by atoms with Crippen LogP contribution in [0.5, 0.6) is 0 Å². The molecule has 2 aliphatic heterocycles. The van der Waals surface area contributed by atoms with Crippen LogP contribution in [0.25, 0.3) is 0 Å². The summed E-state index contributed by atoms with van der Waals surface area (Å²) in [6.45, 7) is 5.85. The maximum absolute atomic E-state index is 12.7. The van der Waals surface area contributed by atoms with Crippen molar-refractivity contribution in [1.82, 2.24) is 19.9 Å². The average Bonchev–Trinajstić information content (AvgIpc) is 3.25. The zero-order valence-corrected chi connectivity index (χ0v) is 15.0. The third kappa shape index (κ3) is 3.16. The number of aromatic nitrogens is 3. The molecule has 8 heteroatoms. The van der Waals surface area contributed by atoms with E-state index < -0.39 is 0 Å². The Kier molecular flexibility index (Phi) is 4.36. The molecule has 0 radical (unpaired) electrons. The molecule has 2 aromatic rings. The first-order valence-corrected chi connectivity index (χ1v) is 8.91. The SMILES string of the molecule is Cc1nc(C)c(CC(=O)N2CCc3oc(C4CCOC4)nc3C2)c(=O)[nH]1. The van der Waals surface area contributed by atoms with Crippen LogP contribution in [0.2, 0.25) is 0 Å². The molecule has 2 aromatic heterocycles. The summed E-state index contributed by atoms with van der Waals surface area (Å²) in [7, 11) is 0. The molecule has 0 saturated carbocycles. The largest absolute Gasteiger partial charge is 0.445 e. The van der Waals surface area contributed by atoms with Crippen molar-refractivity contribution in [2.24, 2.45) is 0 Å². The summed E-state index contributed by atoms with van der Waals surface area (Å²) < 4.78 is 11.3. The zero-order valence-electron chi connectivity index (χ0n) is 15.0. The van der Waals surface area contributed by atoms with Crippen LogP contribution < -0.4 is 5.56 Å². The molecule has 1 amide bonds. The Morgan fingerprint density at radius 1 is 1.35 bits per heavy atom. The third-order valence-electron chi connectivity index (χ3n) is 5.04. The van der Waals surface area contributed by atoms with Gasteiger partial charge in [0.25, 0.3) is 5.56 Å². The number of carbonyl (C=O) groups is 1. The molecule has 0 aromatic carbocycles. The Labute approximate surface area is 150 Å². The Morgan fingerprint density at radius 2 is 2.19 bits per heavy atom. The predicted molar refractivity (Wildman–Crippen MR) is 91.8 cm³/mol. The number of oxazole rings is 1. The number of H-pyrrole nitrogens is 1. The molecule has 2 aliphatic rings. The molecule has 0 aliphatic carbocycles. The summed E-state index contributed by atoms with van der Waals surface area (Å²) >= 11 is 0. The predicted octanol–water partition coefficient (Wildman–Crippen LogP) is 1.01. The second-order valence-electron chi connectivity index (χ2n) is 6.94. The van der Waals surface area contributed by atoms with E-state index >= 15 is 0 Å². The van der Waals surface area contributed by atoms with E-state index in [2.05, 4.69) is 15.0 Å². The zero-order chi connectivity index (χ0) is 18.3. The van der Waals surface area contributed by atoms with Crippen LogP contribution in [0.3, 0.4) is 0 Å². The van der Waals surface area contributed by atoms with Gasteiger partial charge in [-0.2, -0.15) is 0 Å². The second-order valence-corrected chi connectivity index (χ2v) is 6.94. The number of carbonyl (C=O) groups excluding carboxylic acids is 1. The number of rotatable bonds is 3. The number of nitrogens with zero attached hydrogens (tertiary/aromatic N) is 3. The number of fused-ring (bicyclic) bond motifs is 1. The van der Waals surface area contributed by atoms with Gasteiger partial charge in [-0.3, -0.25) is 9.59 Å². The first-order chi connectivity index (χ1) is 12.5. The Bertz CT molecular complexity index is 895. The maximum Gasteiger partial charge on any atom is 0.254 e. The van der Waals surface area contributed by atoms with Crippen molar-refractivity contribution in [3.63, 3.8) is 0 Å². The van der Waals surface area contributed by atoms with Gasteiger partial charge < -0.3 is 19.0 Å². The molecule has 0 spiro atoms. The van der Waals surface area contributed by atoms with Gasteiger partial charge in [0.15, 0.2) is 5.89 Å². The van der Waals surface area contributed by atoms with Gasteiger partial charge in [-0.1, -0.05) is 0 Å². The third-order valence-corrected chi connectivity index (χ3v) is 5.04. The molecule has 1 unspecified atom stereocenters. The number of nitrogens with one attached hydrogen (secondary N) is 1. The monoisotopic (exact) mass is 358 g/mol. The Hall–Kier alpha value is -2.48. The molecule has 26 heavy (non-hydrogen) atoms. The highest BCUT2D eigenvalue weighted by Gasteiger charge is 2.29. The highest BCUT2D eigenvalue weighted by Crippen LogP contribution is 2.29. The molecule has 1 fully saturated rings. The minimum atomic E-state index is -0.244. The van der Waals surface area contributed by atoms with Crippen LogP contribution in [0, 0.1) is 13.8 Å². The lowest BCUT2D eigenvalue weighted by molar-refractivity contribution is -0.131. The molecule has 138 valence electrons. The van der Waals surface area contributed by atoms with E-state index in [1.54, 1.807) is 18.7 Å². The van der Waals surface area contributed by atoms with Crippen LogP contribution in [0.4, 0.5) is 0 Å². The molecule has 0 bridgehead atoms. The number of amides is 1. The van der Waals surface area contributed by atoms with Gasteiger partial charge in [-0.15, -0.1) is 0 Å². The van der Waals surface area contributed by atoms with Crippen LogP contribution in [0.15, 0.2) is 9.21 Å². The van der Waals surface area contributed by atoms with E-state index in [1.165, 1.54) is 0 Å². The minimum absolute atomic E-state index is 0.0466. The summed E-state index contributed by atoms with van der Waals surface area (Å²) in [6.07, 6.45) is 1.61. The number of aromatic amines is 1. The van der Waals surface area contributed by atoms with Crippen LogP contribution in [-0.2, 0) is 28.9 Å². The first-order valence-electron chi connectivity index (χ1n) is 8.91. The van der Waals surface area contributed by atoms with Crippen molar-refractivity contribution < 1.29 is 13.9 Å². The van der Waals surface area contributed by atoms with E-state index in [-0.39, 0.29) is 23.8 Å². The molecular weight excluding hydrogens is 336 g/mol. The van der Waals surface area contributed by atoms with Gasteiger partial charge >= 0.3 is 0 Å². The van der Waals surface area contributed by atoms with Gasteiger partial charge in [-0.25, -0.2) is 9.97 Å². The smallest absolute Gasteiger partial charge is 0.254 e. The fourth-order valence-electron chi connectivity index (χ4n) is 3.56. The maximum atomic E-state index is 12.7. The van der Waals surface area contributed by atoms with Gasteiger partial charge in [-0.05, 0) is 20.3 Å².